The largest absolute Gasteiger partial charge is 0.494 e. The maximum Gasteiger partial charge on any atom is 0.232 e. The van der Waals surface area contributed by atoms with Gasteiger partial charge >= 0.3 is 0 Å². The molecule has 1 saturated carbocycles. The standard InChI is InChI=1S/C35H45NO4S/c1-35(2,3)29-14-12-28(13-15-29)33(24-26-10-18-31(19-11-26)39-22-7-23-41-38)34(37)36-30-16-20-32(21-17-30)40-25-27-8-5-4-6-9-27/h10-21,27,33,38H,4-9,22-25H2,1-3H3,(H,36,37). The van der Waals surface area contributed by atoms with Crippen LogP contribution in [0.3, 0.4) is 0 Å². The minimum Gasteiger partial charge on any atom is -0.494 e. The van der Waals surface area contributed by atoms with Crippen LogP contribution in [0.5, 0.6) is 11.5 Å². The van der Waals surface area contributed by atoms with Crippen LogP contribution in [0.2, 0.25) is 0 Å². The Morgan fingerprint density at radius 2 is 1.54 bits per heavy atom. The molecule has 41 heavy (non-hydrogen) atoms. The van der Waals surface area contributed by atoms with Gasteiger partial charge in [0.05, 0.1) is 19.1 Å². The molecule has 0 radical (unpaired) electrons. The van der Waals surface area contributed by atoms with E-state index in [2.05, 4.69) is 50.4 Å². The normalized spacial score (nSPS) is 14.8. The van der Waals surface area contributed by atoms with E-state index in [1.165, 1.54) is 37.7 Å². The van der Waals surface area contributed by atoms with Crippen LogP contribution in [-0.4, -0.2) is 29.4 Å². The van der Waals surface area contributed by atoms with E-state index in [0.717, 1.165) is 53.4 Å². The van der Waals surface area contributed by atoms with E-state index in [1.807, 2.05) is 48.5 Å². The van der Waals surface area contributed by atoms with Gasteiger partial charge in [-0.2, -0.15) is 0 Å². The van der Waals surface area contributed by atoms with Gasteiger partial charge in [-0.15, -0.1) is 0 Å². The van der Waals surface area contributed by atoms with Gasteiger partial charge < -0.3 is 19.3 Å². The van der Waals surface area contributed by atoms with Crippen molar-refractivity contribution >= 4 is 23.6 Å². The molecule has 220 valence electrons. The lowest BCUT2D eigenvalue weighted by atomic mass is 9.84. The van der Waals surface area contributed by atoms with Crippen molar-refractivity contribution in [3.8, 4) is 11.5 Å². The second kappa shape index (κ2) is 15.3. The molecule has 0 bridgehead atoms. The van der Waals surface area contributed by atoms with Gasteiger partial charge in [0.15, 0.2) is 0 Å². The molecule has 1 atom stereocenters. The molecule has 0 saturated heterocycles. The van der Waals surface area contributed by atoms with E-state index >= 15 is 0 Å². The summed E-state index contributed by atoms with van der Waals surface area (Å²) in [4.78, 5) is 13.7. The molecule has 5 nitrogen and oxygen atoms in total. The number of amides is 1. The summed E-state index contributed by atoms with van der Waals surface area (Å²) in [7, 11) is 0. The summed E-state index contributed by atoms with van der Waals surface area (Å²) >= 11 is 0.833. The summed E-state index contributed by atoms with van der Waals surface area (Å²) in [5, 5.41) is 3.15. The third kappa shape index (κ3) is 9.82. The predicted molar refractivity (Wildman–Crippen MR) is 170 cm³/mol. The first kappa shape index (κ1) is 31.0. The fourth-order valence-electron chi connectivity index (χ4n) is 5.28. The molecule has 1 amide bonds. The highest BCUT2D eigenvalue weighted by molar-refractivity contribution is 7.93. The lowest BCUT2D eigenvalue weighted by Crippen LogP contribution is -2.23. The maximum absolute atomic E-state index is 13.7. The van der Waals surface area contributed by atoms with Crippen LogP contribution in [-0.2, 0) is 16.6 Å². The number of carbonyl (C=O) groups is 1. The Balaban J connectivity index is 1.43. The van der Waals surface area contributed by atoms with Crippen LogP contribution < -0.4 is 14.8 Å². The molecule has 6 heteroatoms. The molecule has 0 heterocycles. The number of anilines is 1. The number of rotatable bonds is 13. The summed E-state index contributed by atoms with van der Waals surface area (Å²) in [6.07, 6.45) is 7.83. The first-order valence-electron chi connectivity index (χ1n) is 14.9. The summed E-state index contributed by atoms with van der Waals surface area (Å²) in [6, 6.07) is 24.1. The Bertz CT molecular complexity index is 1200. The van der Waals surface area contributed by atoms with Crippen molar-refractivity contribution in [3.63, 3.8) is 0 Å². The molecular weight excluding hydrogens is 530 g/mol. The molecule has 2 N–H and O–H groups in total. The Morgan fingerprint density at radius 3 is 2.17 bits per heavy atom. The van der Waals surface area contributed by atoms with Gasteiger partial charge in [0, 0.05) is 11.4 Å². The van der Waals surface area contributed by atoms with E-state index in [0.29, 0.717) is 24.7 Å². The highest BCUT2D eigenvalue weighted by Gasteiger charge is 2.23. The highest BCUT2D eigenvalue weighted by atomic mass is 32.2. The molecule has 3 aromatic rings. The smallest absolute Gasteiger partial charge is 0.232 e. The van der Waals surface area contributed by atoms with E-state index in [9.17, 15) is 4.79 Å². The first-order chi connectivity index (χ1) is 19.8. The molecule has 0 aromatic heterocycles. The lowest BCUT2D eigenvalue weighted by molar-refractivity contribution is -0.117. The molecule has 4 rings (SSSR count). The highest BCUT2D eigenvalue weighted by Crippen LogP contribution is 2.29. The number of nitrogens with one attached hydrogen (secondary N) is 1. The van der Waals surface area contributed by atoms with Gasteiger partial charge in [-0.05, 0) is 102 Å². The van der Waals surface area contributed by atoms with Gasteiger partial charge in [-0.1, -0.05) is 76.4 Å². The Morgan fingerprint density at radius 1 is 0.902 bits per heavy atom. The fourth-order valence-corrected chi connectivity index (χ4v) is 5.53. The SMILES string of the molecule is CC(C)(C)c1ccc(C(Cc2ccc(OCCCSO)cc2)C(=O)Nc2ccc(OCC3CCCCC3)cc2)cc1. The average Bonchev–Trinajstić information content (AvgIpc) is 2.98. The van der Waals surface area contributed by atoms with E-state index in [1.54, 1.807) is 0 Å². The van der Waals surface area contributed by atoms with Crippen LogP contribution in [0.4, 0.5) is 5.69 Å². The number of benzene rings is 3. The summed E-state index contributed by atoms with van der Waals surface area (Å²) in [6.45, 7) is 7.91. The predicted octanol–water partition coefficient (Wildman–Crippen LogP) is 8.88. The van der Waals surface area contributed by atoms with E-state index in [4.69, 9.17) is 14.0 Å². The molecule has 1 fully saturated rings. The molecule has 3 aromatic carbocycles. The molecule has 0 aliphatic heterocycles. The zero-order chi connectivity index (χ0) is 29.1. The zero-order valence-corrected chi connectivity index (χ0v) is 25.6. The number of hydrogen-bond acceptors (Lipinski definition) is 5. The Labute approximate surface area is 250 Å². The van der Waals surface area contributed by atoms with Gasteiger partial charge in [0.2, 0.25) is 5.91 Å². The minimum absolute atomic E-state index is 0.0359. The monoisotopic (exact) mass is 575 g/mol. The zero-order valence-electron chi connectivity index (χ0n) is 24.7. The summed E-state index contributed by atoms with van der Waals surface area (Å²) in [5.41, 5.74) is 4.11. The van der Waals surface area contributed by atoms with Crippen molar-refractivity contribution in [2.75, 3.05) is 24.3 Å². The van der Waals surface area contributed by atoms with Crippen molar-refractivity contribution in [1.82, 2.24) is 0 Å². The molecule has 1 aliphatic carbocycles. The number of ether oxygens (including phenoxy) is 2. The summed E-state index contributed by atoms with van der Waals surface area (Å²) in [5.74, 6) is 2.56. The molecule has 1 unspecified atom stereocenters. The topological polar surface area (TPSA) is 67.8 Å². The number of hydrogen-bond donors (Lipinski definition) is 2. The van der Waals surface area contributed by atoms with Crippen LogP contribution in [0.25, 0.3) is 0 Å². The van der Waals surface area contributed by atoms with Crippen LogP contribution in [0.1, 0.15) is 81.9 Å². The van der Waals surface area contributed by atoms with Crippen molar-refractivity contribution in [1.29, 1.82) is 0 Å². The van der Waals surface area contributed by atoms with Crippen molar-refractivity contribution in [2.45, 2.75) is 77.0 Å². The second-order valence-corrected chi connectivity index (χ2v) is 12.8. The van der Waals surface area contributed by atoms with Crippen LogP contribution >= 0.6 is 12.0 Å². The molecule has 1 aliphatic rings. The van der Waals surface area contributed by atoms with Crippen LogP contribution in [0.15, 0.2) is 72.8 Å². The third-order valence-electron chi connectivity index (χ3n) is 7.84. The minimum atomic E-state index is -0.348. The summed E-state index contributed by atoms with van der Waals surface area (Å²) < 4.78 is 20.7. The quantitative estimate of drug-likeness (QED) is 0.157. The fraction of sp³-hybridized carbons (Fsp3) is 0.457. The van der Waals surface area contributed by atoms with E-state index in [-0.39, 0.29) is 17.2 Å². The van der Waals surface area contributed by atoms with Gasteiger partial charge in [-0.3, -0.25) is 4.79 Å². The van der Waals surface area contributed by atoms with Crippen LogP contribution in [0, 0.1) is 5.92 Å². The van der Waals surface area contributed by atoms with Gasteiger partial charge in [-0.25, -0.2) is 0 Å². The van der Waals surface area contributed by atoms with Crippen molar-refractivity contribution < 1.29 is 18.8 Å². The Kier molecular flexibility index (Phi) is 11.6. The van der Waals surface area contributed by atoms with Gasteiger partial charge in [0.1, 0.15) is 11.5 Å². The molecular formula is C35H45NO4S. The van der Waals surface area contributed by atoms with Gasteiger partial charge in [0.25, 0.3) is 0 Å². The first-order valence-corrected chi connectivity index (χ1v) is 15.9. The van der Waals surface area contributed by atoms with Crippen molar-refractivity contribution in [3.05, 3.63) is 89.5 Å². The second-order valence-electron chi connectivity index (χ2n) is 12.1. The molecule has 0 spiro atoms. The van der Waals surface area contributed by atoms with Crippen molar-refractivity contribution in [2.24, 2.45) is 5.92 Å². The lowest BCUT2D eigenvalue weighted by Gasteiger charge is -2.22. The van der Waals surface area contributed by atoms with E-state index < -0.39 is 0 Å². The average molecular weight is 576 g/mol. The number of carbonyl (C=O) groups excluding carboxylic acids is 1. The third-order valence-corrected chi connectivity index (χ3v) is 8.31. The Hall–Kier alpha value is -2.96. The maximum atomic E-state index is 13.7.